The van der Waals surface area contributed by atoms with E-state index in [9.17, 15) is 0 Å². The van der Waals surface area contributed by atoms with Crippen LogP contribution in [-0.2, 0) is 9.47 Å². The van der Waals surface area contributed by atoms with Gasteiger partial charge in [-0.05, 0) is 32.1 Å². The Morgan fingerprint density at radius 3 is 3.07 bits per heavy atom. The first-order valence-corrected chi connectivity index (χ1v) is 5.20. The van der Waals surface area contributed by atoms with Crippen molar-refractivity contribution in [3.05, 3.63) is 0 Å². The number of hydrogen-bond acceptors (Lipinski definition) is 3. The van der Waals surface area contributed by atoms with Gasteiger partial charge in [0.25, 0.3) is 0 Å². The van der Waals surface area contributed by atoms with Crippen molar-refractivity contribution in [3.63, 3.8) is 0 Å². The molecule has 2 unspecified atom stereocenters. The number of aliphatic hydroxyl groups is 1. The average Bonchev–Trinajstić information content (AvgIpc) is 2.25. The van der Waals surface area contributed by atoms with Gasteiger partial charge in [0.2, 0.25) is 0 Å². The maximum atomic E-state index is 9.07. The van der Waals surface area contributed by atoms with Gasteiger partial charge in [0, 0.05) is 13.2 Å². The van der Waals surface area contributed by atoms with Crippen LogP contribution in [0.1, 0.15) is 32.1 Å². The number of ether oxygens (including phenoxy) is 2. The highest BCUT2D eigenvalue weighted by atomic mass is 16.7. The fraction of sp³-hybridized carbons (Fsp3) is 0.818. The maximum Gasteiger partial charge on any atom is 0.157 e. The molecule has 0 spiro atoms. The SMILES string of the molecule is C#CC(O)CCCOC1CCCCO1. The molecule has 0 aromatic heterocycles. The molecule has 1 heterocycles. The van der Waals surface area contributed by atoms with Crippen molar-refractivity contribution < 1.29 is 14.6 Å². The quantitative estimate of drug-likeness (QED) is 0.534. The molecule has 3 heteroatoms. The van der Waals surface area contributed by atoms with Crippen molar-refractivity contribution in [2.45, 2.75) is 44.5 Å². The van der Waals surface area contributed by atoms with Gasteiger partial charge in [-0.3, -0.25) is 0 Å². The molecule has 0 saturated carbocycles. The van der Waals surface area contributed by atoms with Crippen molar-refractivity contribution in [2.75, 3.05) is 13.2 Å². The van der Waals surface area contributed by atoms with E-state index in [1.807, 2.05) is 0 Å². The summed E-state index contributed by atoms with van der Waals surface area (Å²) in [5.41, 5.74) is 0. The normalized spacial score (nSPS) is 24.1. The molecule has 1 fully saturated rings. The molecule has 3 nitrogen and oxygen atoms in total. The zero-order valence-electron chi connectivity index (χ0n) is 8.45. The summed E-state index contributed by atoms with van der Waals surface area (Å²) in [4.78, 5) is 0. The monoisotopic (exact) mass is 198 g/mol. The van der Waals surface area contributed by atoms with Crippen molar-refractivity contribution in [3.8, 4) is 12.3 Å². The lowest BCUT2D eigenvalue weighted by Crippen LogP contribution is -2.22. The molecular formula is C11H18O3. The lowest BCUT2D eigenvalue weighted by atomic mass is 10.2. The third-order valence-electron chi connectivity index (χ3n) is 2.26. The standard InChI is InChI=1S/C11H18O3/c1-2-10(12)6-5-9-14-11-7-3-4-8-13-11/h1,10-12H,3-9H2. The highest BCUT2D eigenvalue weighted by Crippen LogP contribution is 2.14. The Morgan fingerprint density at radius 2 is 2.43 bits per heavy atom. The molecule has 1 saturated heterocycles. The van der Waals surface area contributed by atoms with E-state index in [-0.39, 0.29) is 6.29 Å². The molecule has 1 aliphatic heterocycles. The molecular weight excluding hydrogens is 180 g/mol. The Bertz CT molecular complexity index is 179. The predicted octanol–water partition coefficient (Wildman–Crippen LogP) is 1.30. The summed E-state index contributed by atoms with van der Waals surface area (Å²) in [7, 11) is 0. The van der Waals surface area contributed by atoms with Gasteiger partial charge in [-0.2, -0.15) is 0 Å². The first-order chi connectivity index (χ1) is 6.83. The Labute approximate surface area is 85.4 Å². The molecule has 1 rings (SSSR count). The highest BCUT2D eigenvalue weighted by molar-refractivity contribution is 4.92. The van der Waals surface area contributed by atoms with Gasteiger partial charge in [0.1, 0.15) is 6.10 Å². The Morgan fingerprint density at radius 1 is 1.57 bits per heavy atom. The summed E-state index contributed by atoms with van der Waals surface area (Å²) in [5.74, 6) is 2.27. The molecule has 1 N–H and O–H groups in total. The number of rotatable bonds is 5. The van der Waals surface area contributed by atoms with Crippen LogP contribution >= 0.6 is 0 Å². The van der Waals surface area contributed by atoms with E-state index in [4.69, 9.17) is 21.0 Å². The van der Waals surface area contributed by atoms with Gasteiger partial charge in [-0.25, -0.2) is 0 Å². The zero-order valence-corrected chi connectivity index (χ0v) is 8.45. The van der Waals surface area contributed by atoms with Crippen LogP contribution in [0.5, 0.6) is 0 Å². The van der Waals surface area contributed by atoms with Crippen LogP contribution in [-0.4, -0.2) is 30.7 Å². The van der Waals surface area contributed by atoms with Crippen molar-refractivity contribution in [2.24, 2.45) is 0 Å². The molecule has 0 aromatic carbocycles. The first kappa shape index (κ1) is 11.5. The van der Waals surface area contributed by atoms with E-state index in [2.05, 4.69) is 5.92 Å². The van der Waals surface area contributed by atoms with Crippen molar-refractivity contribution in [1.82, 2.24) is 0 Å². The van der Waals surface area contributed by atoms with E-state index in [1.54, 1.807) is 0 Å². The smallest absolute Gasteiger partial charge is 0.157 e. The zero-order chi connectivity index (χ0) is 10.2. The molecule has 1 aliphatic rings. The van der Waals surface area contributed by atoms with E-state index >= 15 is 0 Å². The minimum atomic E-state index is -0.633. The molecule has 0 aromatic rings. The van der Waals surface area contributed by atoms with Crippen molar-refractivity contribution >= 4 is 0 Å². The van der Waals surface area contributed by atoms with Gasteiger partial charge >= 0.3 is 0 Å². The van der Waals surface area contributed by atoms with E-state index in [0.29, 0.717) is 13.0 Å². The predicted molar refractivity (Wildman–Crippen MR) is 53.6 cm³/mol. The third kappa shape index (κ3) is 4.61. The Balaban J connectivity index is 1.95. The van der Waals surface area contributed by atoms with Gasteiger partial charge in [0.15, 0.2) is 6.29 Å². The summed E-state index contributed by atoms with van der Waals surface area (Å²) in [6, 6.07) is 0. The largest absolute Gasteiger partial charge is 0.380 e. The van der Waals surface area contributed by atoms with Crippen molar-refractivity contribution in [1.29, 1.82) is 0 Å². The van der Waals surface area contributed by atoms with Crippen LogP contribution in [0, 0.1) is 12.3 Å². The summed E-state index contributed by atoms with van der Waals surface area (Å²) < 4.78 is 10.9. The Hall–Kier alpha value is -0.560. The summed E-state index contributed by atoms with van der Waals surface area (Å²) in [6.45, 7) is 1.42. The molecule has 2 atom stereocenters. The summed E-state index contributed by atoms with van der Waals surface area (Å²) in [6.07, 6.45) is 9.04. The van der Waals surface area contributed by atoms with Crippen LogP contribution in [0.2, 0.25) is 0 Å². The van der Waals surface area contributed by atoms with Gasteiger partial charge in [0.05, 0.1) is 0 Å². The molecule has 0 aliphatic carbocycles. The van der Waals surface area contributed by atoms with Gasteiger partial charge < -0.3 is 14.6 Å². The summed E-state index contributed by atoms with van der Waals surface area (Å²) >= 11 is 0. The summed E-state index contributed by atoms with van der Waals surface area (Å²) in [5, 5.41) is 9.07. The molecule has 0 radical (unpaired) electrons. The molecule has 0 bridgehead atoms. The van der Waals surface area contributed by atoms with Crippen LogP contribution < -0.4 is 0 Å². The second-order valence-corrected chi connectivity index (χ2v) is 3.49. The third-order valence-corrected chi connectivity index (χ3v) is 2.26. The Kier molecular flexibility index (Phi) is 5.62. The molecule has 0 amide bonds. The molecule has 14 heavy (non-hydrogen) atoms. The number of aliphatic hydroxyl groups excluding tert-OH is 1. The van der Waals surface area contributed by atoms with E-state index in [0.717, 1.165) is 25.9 Å². The fourth-order valence-corrected chi connectivity index (χ4v) is 1.42. The second-order valence-electron chi connectivity index (χ2n) is 3.49. The average molecular weight is 198 g/mol. The fourth-order valence-electron chi connectivity index (χ4n) is 1.42. The van der Waals surface area contributed by atoms with E-state index in [1.165, 1.54) is 6.42 Å². The number of hydrogen-bond donors (Lipinski definition) is 1. The van der Waals surface area contributed by atoms with Crippen LogP contribution in [0.15, 0.2) is 0 Å². The minimum absolute atomic E-state index is 0.0354. The lowest BCUT2D eigenvalue weighted by Gasteiger charge is -2.22. The van der Waals surface area contributed by atoms with Gasteiger partial charge in [-0.15, -0.1) is 6.42 Å². The number of terminal acetylenes is 1. The highest BCUT2D eigenvalue weighted by Gasteiger charge is 2.13. The molecule has 80 valence electrons. The van der Waals surface area contributed by atoms with E-state index < -0.39 is 6.10 Å². The van der Waals surface area contributed by atoms with Crippen LogP contribution in [0.3, 0.4) is 0 Å². The van der Waals surface area contributed by atoms with Crippen LogP contribution in [0.4, 0.5) is 0 Å². The van der Waals surface area contributed by atoms with Gasteiger partial charge in [-0.1, -0.05) is 5.92 Å². The van der Waals surface area contributed by atoms with Crippen LogP contribution in [0.25, 0.3) is 0 Å². The lowest BCUT2D eigenvalue weighted by molar-refractivity contribution is -0.163. The first-order valence-electron chi connectivity index (χ1n) is 5.20. The maximum absolute atomic E-state index is 9.07. The topological polar surface area (TPSA) is 38.7 Å². The minimum Gasteiger partial charge on any atom is -0.380 e. The second kappa shape index (κ2) is 6.83.